The smallest absolute Gasteiger partial charge is 0.225 e. The van der Waals surface area contributed by atoms with Crippen LogP contribution >= 0.6 is 0 Å². The third-order valence-electron chi connectivity index (χ3n) is 3.71. The Morgan fingerprint density at radius 3 is 3.00 bits per heavy atom. The van der Waals surface area contributed by atoms with E-state index in [1.54, 1.807) is 6.07 Å². The van der Waals surface area contributed by atoms with Crippen molar-refractivity contribution in [2.24, 2.45) is 11.7 Å². The molecule has 19 heavy (non-hydrogen) atoms. The lowest BCUT2D eigenvalue weighted by atomic mass is 10.00. The van der Waals surface area contributed by atoms with Crippen LogP contribution < -0.4 is 5.73 Å². The zero-order chi connectivity index (χ0) is 13.8. The van der Waals surface area contributed by atoms with E-state index in [1.807, 2.05) is 17.9 Å². The number of hydrogen-bond acceptors (Lipinski definition) is 2. The fourth-order valence-corrected chi connectivity index (χ4v) is 2.50. The molecule has 1 saturated heterocycles. The van der Waals surface area contributed by atoms with Gasteiger partial charge in [-0.3, -0.25) is 4.79 Å². The number of benzene rings is 1. The van der Waals surface area contributed by atoms with Crippen molar-refractivity contribution in [1.82, 2.24) is 4.90 Å². The Balaban J connectivity index is 1.84. The second-order valence-corrected chi connectivity index (χ2v) is 5.40. The summed E-state index contributed by atoms with van der Waals surface area (Å²) >= 11 is 0. The van der Waals surface area contributed by atoms with Crippen molar-refractivity contribution >= 4 is 5.91 Å². The SMILES string of the molecule is CC(CCc1cccc(F)c1)C(=O)N1CC[C@@H](N)C1. The molecule has 0 radical (unpaired) electrons. The summed E-state index contributed by atoms with van der Waals surface area (Å²) in [7, 11) is 0. The molecule has 1 aliphatic heterocycles. The first-order valence-corrected chi connectivity index (χ1v) is 6.85. The van der Waals surface area contributed by atoms with Gasteiger partial charge in [-0.15, -0.1) is 0 Å². The Bertz CT molecular complexity index is 450. The zero-order valence-electron chi connectivity index (χ0n) is 11.3. The first kappa shape index (κ1) is 14.0. The molecule has 1 heterocycles. The minimum absolute atomic E-state index is 0.0337. The van der Waals surface area contributed by atoms with E-state index in [1.165, 1.54) is 12.1 Å². The van der Waals surface area contributed by atoms with E-state index in [4.69, 9.17) is 5.73 Å². The van der Waals surface area contributed by atoms with Crippen LogP contribution in [0.3, 0.4) is 0 Å². The van der Waals surface area contributed by atoms with E-state index in [0.29, 0.717) is 6.54 Å². The van der Waals surface area contributed by atoms with Crippen molar-refractivity contribution in [2.45, 2.75) is 32.2 Å². The molecule has 1 aliphatic rings. The van der Waals surface area contributed by atoms with Crippen LogP contribution in [-0.4, -0.2) is 29.9 Å². The van der Waals surface area contributed by atoms with Gasteiger partial charge in [-0.25, -0.2) is 4.39 Å². The summed E-state index contributed by atoms with van der Waals surface area (Å²) in [6.45, 7) is 3.37. The Morgan fingerprint density at radius 2 is 2.37 bits per heavy atom. The zero-order valence-corrected chi connectivity index (χ0v) is 11.3. The van der Waals surface area contributed by atoms with E-state index < -0.39 is 0 Å². The summed E-state index contributed by atoms with van der Waals surface area (Å²) < 4.78 is 13.0. The minimum Gasteiger partial charge on any atom is -0.341 e. The normalized spacial score (nSPS) is 20.6. The predicted molar refractivity (Wildman–Crippen MR) is 73.1 cm³/mol. The van der Waals surface area contributed by atoms with Crippen LogP contribution in [0.5, 0.6) is 0 Å². The van der Waals surface area contributed by atoms with Gasteiger partial charge in [0.15, 0.2) is 0 Å². The maximum Gasteiger partial charge on any atom is 0.225 e. The molecule has 1 aromatic carbocycles. The molecule has 104 valence electrons. The molecule has 1 aromatic rings. The van der Waals surface area contributed by atoms with Crippen molar-refractivity contribution in [3.05, 3.63) is 35.6 Å². The molecule has 0 aliphatic carbocycles. The number of aryl methyl sites for hydroxylation is 1. The van der Waals surface area contributed by atoms with Crippen molar-refractivity contribution in [3.63, 3.8) is 0 Å². The van der Waals surface area contributed by atoms with E-state index in [2.05, 4.69) is 0 Å². The number of carbonyl (C=O) groups is 1. The molecule has 0 spiro atoms. The summed E-state index contributed by atoms with van der Waals surface area (Å²) in [6.07, 6.45) is 2.36. The summed E-state index contributed by atoms with van der Waals surface area (Å²) in [6, 6.07) is 6.69. The predicted octanol–water partition coefficient (Wildman–Crippen LogP) is 1.95. The van der Waals surface area contributed by atoms with Gasteiger partial charge in [0.25, 0.3) is 0 Å². The number of likely N-dealkylation sites (tertiary alicyclic amines) is 1. The van der Waals surface area contributed by atoms with Crippen LogP contribution in [-0.2, 0) is 11.2 Å². The second-order valence-electron chi connectivity index (χ2n) is 5.40. The van der Waals surface area contributed by atoms with Gasteiger partial charge in [0.2, 0.25) is 5.91 Å². The van der Waals surface area contributed by atoms with Gasteiger partial charge >= 0.3 is 0 Å². The standard InChI is InChI=1S/C15H21FN2O/c1-11(15(19)18-8-7-14(17)10-18)5-6-12-3-2-4-13(16)9-12/h2-4,9,11,14H,5-8,10,17H2,1H3/t11?,14-/m1/s1. The number of halogens is 1. The molecule has 2 N–H and O–H groups in total. The van der Waals surface area contributed by atoms with Gasteiger partial charge in [-0.2, -0.15) is 0 Å². The lowest BCUT2D eigenvalue weighted by Crippen LogP contribution is -2.35. The highest BCUT2D eigenvalue weighted by molar-refractivity contribution is 5.78. The molecule has 1 unspecified atom stereocenters. The quantitative estimate of drug-likeness (QED) is 0.903. The van der Waals surface area contributed by atoms with Gasteiger partial charge in [-0.05, 0) is 37.0 Å². The molecule has 3 nitrogen and oxygen atoms in total. The Hall–Kier alpha value is -1.42. The average Bonchev–Trinajstić information content (AvgIpc) is 2.82. The van der Waals surface area contributed by atoms with Crippen LogP contribution in [0.25, 0.3) is 0 Å². The summed E-state index contributed by atoms with van der Waals surface area (Å²) in [5.41, 5.74) is 6.75. The summed E-state index contributed by atoms with van der Waals surface area (Å²) in [5.74, 6) is -0.0834. The highest BCUT2D eigenvalue weighted by Gasteiger charge is 2.26. The fourth-order valence-electron chi connectivity index (χ4n) is 2.50. The number of carbonyl (C=O) groups excluding carboxylic acids is 1. The third-order valence-corrected chi connectivity index (χ3v) is 3.71. The first-order chi connectivity index (χ1) is 9.06. The molecule has 2 rings (SSSR count). The summed E-state index contributed by atoms with van der Waals surface area (Å²) in [4.78, 5) is 14.0. The molecular formula is C15H21FN2O. The van der Waals surface area contributed by atoms with Gasteiger partial charge in [-0.1, -0.05) is 19.1 Å². The van der Waals surface area contributed by atoms with Crippen LogP contribution in [0.2, 0.25) is 0 Å². The van der Waals surface area contributed by atoms with Gasteiger partial charge in [0, 0.05) is 25.0 Å². The van der Waals surface area contributed by atoms with Crippen molar-refractivity contribution < 1.29 is 9.18 Å². The van der Waals surface area contributed by atoms with Crippen LogP contribution in [0.1, 0.15) is 25.3 Å². The third kappa shape index (κ3) is 3.77. The van der Waals surface area contributed by atoms with Crippen molar-refractivity contribution in [2.75, 3.05) is 13.1 Å². The monoisotopic (exact) mass is 264 g/mol. The molecule has 1 fully saturated rings. The molecular weight excluding hydrogens is 243 g/mol. The van der Waals surface area contributed by atoms with E-state index in [0.717, 1.165) is 31.4 Å². The molecule has 0 saturated carbocycles. The highest BCUT2D eigenvalue weighted by atomic mass is 19.1. The van der Waals surface area contributed by atoms with Gasteiger partial charge < -0.3 is 10.6 Å². The molecule has 0 bridgehead atoms. The largest absolute Gasteiger partial charge is 0.341 e. The Morgan fingerprint density at radius 1 is 1.58 bits per heavy atom. The lowest BCUT2D eigenvalue weighted by Gasteiger charge is -2.20. The lowest BCUT2D eigenvalue weighted by molar-refractivity contribution is -0.134. The topological polar surface area (TPSA) is 46.3 Å². The van der Waals surface area contributed by atoms with Crippen LogP contribution in [0.4, 0.5) is 4.39 Å². The van der Waals surface area contributed by atoms with Gasteiger partial charge in [0.1, 0.15) is 5.82 Å². The van der Waals surface area contributed by atoms with Crippen molar-refractivity contribution in [1.29, 1.82) is 0 Å². The first-order valence-electron chi connectivity index (χ1n) is 6.85. The van der Waals surface area contributed by atoms with Gasteiger partial charge in [0.05, 0.1) is 0 Å². The van der Waals surface area contributed by atoms with Crippen molar-refractivity contribution in [3.8, 4) is 0 Å². The second kappa shape index (κ2) is 6.15. The average molecular weight is 264 g/mol. The molecule has 0 aromatic heterocycles. The number of nitrogens with two attached hydrogens (primary N) is 1. The highest BCUT2D eigenvalue weighted by Crippen LogP contribution is 2.16. The Labute approximate surface area is 113 Å². The number of rotatable bonds is 4. The maximum absolute atomic E-state index is 13.0. The van der Waals surface area contributed by atoms with E-state index in [9.17, 15) is 9.18 Å². The van der Waals surface area contributed by atoms with Crippen LogP contribution in [0, 0.1) is 11.7 Å². The summed E-state index contributed by atoms with van der Waals surface area (Å²) in [5, 5.41) is 0. The number of nitrogens with zero attached hydrogens (tertiary/aromatic N) is 1. The molecule has 4 heteroatoms. The minimum atomic E-state index is -0.220. The fraction of sp³-hybridized carbons (Fsp3) is 0.533. The van der Waals surface area contributed by atoms with E-state index >= 15 is 0 Å². The molecule has 2 atom stereocenters. The molecule has 1 amide bonds. The number of hydrogen-bond donors (Lipinski definition) is 1. The maximum atomic E-state index is 13.0. The van der Waals surface area contributed by atoms with E-state index in [-0.39, 0.29) is 23.7 Å². The van der Waals surface area contributed by atoms with Crippen LogP contribution in [0.15, 0.2) is 24.3 Å². The Kier molecular flexibility index (Phi) is 4.53. The number of amides is 1.